The monoisotopic (exact) mass is 1890 g/mol. The van der Waals surface area contributed by atoms with Crippen molar-refractivity contribution in [3.8, 4) is 44.5 Å². The van der Waals surface area contributed by atoms with E-state index < -0.39 is 0 Å². The van der Waals surface area contributed by atoms with Crippen LogP contribution in [0.1, 0.15) is 111 Å². The lowest BCUT2D eigenvalue weighted by Crippen LogP contribution is -2.18. The Morgan fingerprint density at radius 1 is 0.149 bits per heavy atom. The summed E-state index contributed by atoms with van der Waals surface area (Å²) in [6.45, 7) is 19.3. The van der Waals surface area contributed by atoms with Crippen LogP contribution in [-0.4, -0.2) is 0 Å². The molecule has 4 heteroatoms. The van der Waals surface area contributed by atoms with Crippen molar-refractivity contribution in [3.05, 3.63) is 553 Å². The SMILES string of the molecule is C(=C\c1ccc(N(c2ccc3ccccc3c2)c2ccc3ccccc3c2)cc1)/c1ccc(N(c2ccc3ccccc3c2)c2ccc3ccccc3c2)cc1.CC1(C)c2cc(N(c3ccccc3)c3ccccc3)ccc2-c2cc3c(cc21)-c1c(cc(N(c2ccccc2)c2ccccc2)c2ccccc12)C3(C)C.CC1(C)c2cc3c(cc2-c2c1ccc1ccccc21)C(C)(C)c1cc2ccc4cccc5ccc(c1-3)c2c45. The Kier molecular flexibility index (Phi) is 21.0. The summed E-state index contributed by atoms with van der Waals surface area (Å²) in [4.78, 5) is 9.49. The van der Waals surface area contributed by atoms with Gasteiger partial charge >= 0.3 is 0 Å². The average Bonchev–Trinajstić information content (AvgIpc) is 1.52. The van der Waals surface area contributed by atoms with Crippen molar-refractivity contribution in [2.24, 2.45) is 0 Å². The topological polar surface area (TPSA) is 13.0 Å². The number of anilines is 12. The van der Waals surface area contributed by atoms with E-state index in [9.17, 15) is 0 Å². The van der Waals surface area contributed by atoms with Crippen LogP contribution >= 0.6 is 0 Å². The maximum atomic E-state index is 2.56. The molecule has 0 spiro atoms. The highest BCUT2D eigenvalue weighted by atomic mass is 15.2. The van der Waals surface area contributed by atoms with Gasteiger partial charge in [-0.3, -0.25) is 0 Å². The summed E-state index contributed by atoms with van der Waals surface area (Å²) < 4.78 is 0. The molecule has 29 rings (SSSR count). The molecule has 4 aliphatic rings. The fourth-order valence-corrected chi connectivity index (χ4v) is 25.1. The molecule has 0 N–H and O–H groups in total. The Labute approximate surface area is 865 Å². The van der Waals surface area contributed by atoms with Gasteiger partial charge in [0.1, 0.15) is 0 Å². The van der Waals surface area contributed by atoms with E-state index in [0.29, 0.717) is 0 Å². The summed E-state index contributed by atoms with van der Waals surface area (Å²) in [5.74, 6) is 0. The number of benzene rings is 25. The van der Waals surface area contributed by atoms with Gasteiger partial charge in [0.05, 0.1) is 5.69 Å². The van der Waals surface area contributed by atoms with Crippen molar-refractivity contribution in [3.63, 3.8) is 0 Å². The third kappa shape index (κ3) is 14.7. The van der Waals surface area contributed by atoms with Gasteiger partial charge in [-0.1, -0.05) is 395 Å². The Morgan fingerprint density at radius 2 is 0.439 bits per heavy atom. The lowest BCUT2D eigenvalue weighted by Gasteiger charge is -2.29. The summed E-state index contributed by atoms with van der Waals surface area (Å²) in [7, 11) is 0. The van der Waals surface area contributed by atoms with E-state index in [1.54, 1.807) is 0 Å². The van der Waals surface area contributed by atoms with E-state index in [1.807, 2.05) is 0 Å². The summed E-state index contributed by atoms with van der Waals surface area (Å²) in [6.07, 6.45) is 4.39. The molecule has 0 saturated carbocycles. The second-order valence-corrected chi connectivity index (χ2v) is 42.7. The zero-order valence-corrected chi connectivity index (χ0v) is 84.3. The summed E-state index contributed by atoms with van der Waals surface area (Å²) >= 11 is 0. The fourth-order valence-electron chi connectivity index (χ4n) is 25.1. The summed E-state index contributed by atoms with van der Waals surface area (Å²) in [5.41, 5.74) is 38.0. The van der Waals surface area contributed by atoms with Gasteiger partial charge < -0.3 is 19.6 Å². The number of para-hydroxylation sites is 4. The molecule has 0 heterocycles. The molecule has 25 aromatic rings. The largest absolute Gasteiger partial charge is 0.310 e. The fraction of sp³-hybridized carbons (Fsp3) is 0.0833. The van der Waals surface area contributed by atoms with E-state index >= 15 is 0 Å². The molecule has 0 atom stereocenters. The zero-order chi connectivity index (χ0) is 99.4. The number of rotatable bonds is 14. The maximum Gasteiger partial charge on any atom is 0.0543 e. The lowest BCUT2D eigenvalue weighted by molar-refractivity contribution is 0.652. The molecule has 704 valence electrons. The first kappa shape index (κ1) is 88.9. The van der Waals surface area contributed by atoms with E-state index in [-0.39, 0.29) is 21.7 Å². The first-order valence-corrected chi connectivity index (χ1v) is 52.0. The molecule has 0 aliphatic heterocycles. The van der Waals surface area contributed by atoms with Crippen LogP contribution in [0.15, 0.2) is 497 Å². The number of hydrogen-bond acceptors (Lipinski definition) is 4. The van der Waals surface area contributed by atoms with Crippen LogP contribution in [0.2, 0.25) is 0 Å². The van der Waals surface area contributed by atoms with Gasteiger partial charge in [-0.25, -0.2) is 0 Å². The third-order valence-corrected chi connectivity index (χ3v) is 32.7. The first-order chi connectivity index (χ1) is 72.4. The summed E-state index contributed by atoms with van der Waals surface area (Å²) in [5, 5.41) is 23.3. The van der Waals surface area contributed by atoms with Gasteiger partial charge in [0.25, 0.3) is 0 Å². The molecule has 25 aromatic carbocycles. The quantitative estimate of drug-likeness (QED) is 0.0795. The second-order valence-electron chi connectivity index (χ2n) is 42.7. The Morgan fingerprint density at radius 3 is 0.899 bits per heavy atom. The van der Waals surface area contributed by atoms with Crippen LogP contribution in [0, 0.1) is 0 Å². The van der Waals surface area contributed by atoms with Gasteiger partial charge in [0.2, 0.25) is 0 Å². The number of nitrogens with zero attached hydrogens (tertiary/aromatic N) is 4. The lowest BCUT2D eigenvalue weighted by atomic mass is 9.79. The van der Waals surface area contributed by atoms with Crippen molar-refractivity contribution < 1.29 is 0 Å². The smallest absolute Gasteiger partial charge is 0.0543 e. The van der Waals surface area contributed by atoms with Crippen LogP contribution < -0.4 is 19.6 Å². The van der Waals surface area contributed by atoms with Crippen LogP contribution in [0.4, 0.5) is 68.2 Å². The molecular weight excluding hydrogens is 1790 g/mol. The highest BCUT2D eigenvalue weighted by Gasteiger charge is 2.46. The highest BCUT2D eigenvalue weighted by molar-refractivity contribution is 6.27. The van der Waals surface area contributed by atoms with Gasteiger partial charge in [0, 0.05) is 89.6 Å². The maximum absolute atomic E-state index is 2.56. The standard InChI is InChI=1S/C54H38N2.C52H42N2.C38H28/c1-5-13-45-35-51(31-23-41(45)9-1)55(52-32-24-42-10-2-6-14-46(42)36-52)49-27-19-39(20-28-49)17-18-40-21-29-50(30-22-40)56(53-33-25-43-11-3-7-15-47(43)37-53)54-34-26-44-12-4-8-16-48(44)38-54;1-51(2)45-31-39(53(35-19-9-5-10-20-35)36-21-11-6-12-22-36)29-30-40(45)43-32-47-44(33-46(43)51)50-42-28-18-17-27-41(42)49(34-48(50)52(47,3)4)54(37-23-13-7-14-24-37)38-25-15-8-16-26-38;1-37(2)29-17-15-21-8-5-6-11-25(21)35(29)27-19-31-28(20-30(27)37)36-26-16-14-23-10-7-9-22-12-13-24(34(26)33(22)23)18-32(36)38(31,3)4/h1-38H;5-34H,1-4H3;5-20H,1-4H3/b18-17+;;. The third-order valence-electron chi connectivity index (χ3n) is 32.7. The van der Waals surface area contributed by atoms with Crippen LogP contribution in [0.25, 0.3) is 154 Å². The Bertz CT molecular complexity index is 9190. The Hall–Kier alpha value is -18.0. The Balaban J connectivity index is 0.000000112. The van der Waals surface area contributed by atoms with Crippen molar-refractivity contribution >= 4 is 177 Å². The van der Waals surface area contributed by atoms with E-state index in [4.69, 9.17) is 0 Å². The van der Waals surface area contributed by atoms with Gasteiger partial charge in [-0.2, -0.15) is 0 Å². The van der Waals surface area contributed by atoms with Gasteiger partial charge in [-0.15, -0.1) is 0 Å². The number of hydrogen-bond donors (Lipinski definition) is 0. The minimum atomic E-state index is -0.207. The molecule has 4 nitrogen and oxygen atoms in total. The first-order valence-electron chi connectivity index (χ1n) is 52.0. The minimum Gasteiger partial charge on any atom is -0.310 e. The molecule has 0 radical (unpaired) electrons. The van der Waals surface area contributed by atoms with Crippen LogP contribution in [0.3, 0.4) is 0 Å². The van der Waals surface area contributed by atoms with E-state index in [0.717, 1.165) is 68.0 Å². The second kappa shape index (κ2) is 34.9. The van der Waals surface area contributed by atoms with Crippen LogP contribution in [-0.2, 0) is 21.7 Å². The molecule has 148 heavy (non-hydrogen) atoms. The van der Waals surface area contributed by atoms with Crippen LogP contribution in [0.5, 0.6) is 0 Å². The molecule has 0 amide bonds. The molecule has 0 fully saturated rings. The zero-order valence-electron chi connectivity index (χ0n) is 84.3. The summed E-state index contributed by atoms with van der Waals surface area (Å²) in [6, 6.07) is 183. The van der Waals surface area contributed by atoms with Crippen molar-refractivity contribution in [2.75, 3.05) is 19.6 Å². The van der Waals surface area contributed by atoms with Gasteiger partial charge in [0.15, 0.2) is 0 Å². The number of fused-ring (bicyclic) bond motifs is 21. The van der Waals surface area contributed by atoms with Gasteiger partial charge in [-0.05, 0) is 362 Å². The molecule has 0 bridgehead atoms. The normalized spacial score (nSPS) is 13.7. The molecule has 0 saturated heterocycles. The van der Waals surface area contributed by atoms with E-state index in [1.165, 1.54) is 197 Å². The molecule has 4 aliphatic carbocycles. The van der Waals surface area contributed by atoms with Crippen molar-refractivity contribution in [1.29, 1.82) is 0 Å². The predicted octanol–water partition coefficient (Wildman–Crippen LogP) is 40.2. The van der Waals surface area contributed by atoms with E-state index in [2.05, 4.69) is 585 Å². The minimum absolute atomic E-state index is 0.0413. The van der Waals surface area contributed by atoms with Crippen molar-refractivity contribution in [1.82, 2.24) is 0 Å². The molecule has 0 aromatic heterocycles. The molecular formula is C144H108N4. The average molecular weight is 1890 g/mol. The molecule has 0 unspecified atom stereocenters. The highest BCUT2D eigenvalue weighted by Crippen LogP contribution is 2.63. The predicted molar refractivity (Wildman–Crippen MR) is 632 cm³/mol. The van der Waals surface area contributed by atoms with Crippen molar-refractivity contribution in [2.45, 2.75) is 77.0 Å².